The van der Waals surface area contributed by atoms with Crippen LogP contribution in [0.4, 0.5) is 0 Å². The number of aromatic nitrogens is 4. The number of hydrogen-bond acceptors (Lipinski definition) is 4. The summed E-state index contributed by atoms with van der Waals surface area (Å²) in [5.74, 6) is 1.86. The van der Waals surface area contributed by atoms with Gasteiger partial charge in [0.1, 0.15) is 0 Å². The molecule has 0 radical (unpaired) electrons. The molecule has 234 valence electrons. The van der Waals surface area contributed by atoms with Gasteiger partial charge >= 0.3 is 0 Å². The van der Waals surface area contributed by atoms with Crippen molar-refractivity contribution in [2.45, 2.75) is 0 Å². The van der Waals surface area contributed by atoms with Gasteiger partial charge in [0.25, 0.3) is 0 Å². The molecule has 0 N–H and O–H groups in total. The maximum Gasteiger partial charge on any atom is 0.238 e. The van der Waals surface area contributed by atoms with Crippen LogP contribution in [0.25, 0.3) is 93.0 Å². The van der Waals surface area contributed by atoms with Gasteiger partial charge in [-0.15, -0.1) is 11.3 Å². The van der Waals surface area contributed by atoms with Crippen molar-refractivity contribution in [3.63, 3.8) is 0 Å². The van der Waals surface area contributed by atoms with E-state index in [1.165, 1.54) is 47.6 Å². The van der Waals surface area contributed by atoms with E-state index in [0.717, 1.165) is 27.7 Å². The van der Waals surface area contributed by atoms with Crippen molar-refractivity contribution in [3.05, 3.63) is 170 Å². The van der Waals surface area contributed by atoms with E-state index < -0.39 is 0 Å². The van der Waals surface area contributed by atoms with Crippen molar-refractivity contribution >= 4 is 53.3 Å². The molecule has 5 heteroatoms. The van der Waals surface area contributed by atoms with E-state index in [4.69, 9.17) is 15.0 Å². The highest BCUT2D eigenvalue weighted by atomic mass is 32.1. The highest BCUT2D eigenvalue weighted by Gasteiger charge is 2.22. The average Bonchev–Trinajstić information content (AvgIpc) is 3.75. The summed E-state index contributed by atoms with van der Waals surface area (Å²) in [7, 11) is 0. The lowest BCUT2D eigenvalue weighted by atomic mass is 10.0. The molecule has 0 bridgehead atoms. The van der Waals surface area contributed by atoms with E-state index in [0.29, 0.717) is 17.6 Å². The highest BCUT2D eigenvalue weighted by molar-refractivity contribution is 7.26. The predicted molar refractivity (Wildman–Crippen MR) is 209 cm³/mol. The lowest BCUT2D eigenvalue weighted by Gasteiger charge is -2.12. The van der Waals surface area contributed by atoms with Gasteiger partial charge in [-0.05, 0) is 34.4 Å². The first-order valence-corrected chi connectivity index (χ1v) is 17.5. The van der Waals surface area contributed by atoms with Crippen LogP contribution in [0, 0.1) is 0 Å². The summed E-state index contributed by atoms with van der Waals surface area (Å²) in [5.41, 5.74) is 8.83. The zero-order valence-corrected chi connectivity index (χ0v) is 27.7. The molecule has 0 aliphatic heterocycles. The second-order valence-corrected chi connectivity index (χ2v) is 13.5. The van der Waals surface area contributed by atoms with Gasteiger partial charge in [0, 0.05) is 42.1 Å². The quantitative estimate of drug-likeness (QED) is 0.185. The minimum absolute atomic E-state index is 0.596. The maximum atomic E-state index is 5.25. The molecule has 0 saturated carbocycles. The SMILES string of the molecule is c1ccc(-c2ccc(-c3nc(-c4ccccc4)nc(-n4c5ccccc5c5ccc6sc7c(-c8ccccc8)cccc7c6c54)n3)cc2)cc1. The van der Waals surface area contributed by atoms with Crippen molar-refractivity contribution in [3.8, 4) is 51.0 Å². The Balaban J connectivity index is 1.26. The van der Waals surface area contributed by atoms with Crippen molar-refractivity contribution in [1.29, 1.82) is 0 Å². The minimum atomic E-state index is 0.596. The molecule has 10 rings (SSSR count). The summed E-state index contributed by atoms with van der Waals surface area (Å²) in [5, 5.41) is 4.79. The normalized spacial score (nSPS) is 11.6. The Hall–Kier alpha value is -6.43. The van der Waals surface area contributed by atoms with E-state index in [1.807, 2.05) is 35.6 Å². The van der Waals surface area contributed by atoms with Crippen molar-refractivity contribution in [1.82, 2.24) is 19.5 Å². The molecule has 0 unspecified atom stereocenters. The number of rotatable bonds is 5. The molecule has 50 heavy (non-hydrogen) atoms. The zero-order chi connectivity index (χ0) is 33.0. The van der Waals surface area contributed by atoms with E-state index in [9.17, 15) is 0 Å². The number of thiophene rings is 1. The zero-order valence-electron chi connectivity index (χ0n) is 26.9. The molecule has 0 amide bonds. The van der Waals surface area contributed by atoms with Crippen LogP contribution in [0.5, 0.6) is 0 Å². The molecule has 0 aliphatic rings. The van der Waals surface area contributed by atoms with E-state index >= 15 is 0 Å². The van der Waals surface area contributed by atoms with Crippen LogP contribution in [0.3, 0.4) is 0 Å². The van der Waals surface area contributed by atoms with Gasteiger partial charge in [0.05, 0.1) is 11.0 Å². The smallest absolute Gasteiger partial charge is 0.238 e. The fourth-order valence-electron chi connectivity index (χ4n) is 7.14. The maximum absolute atomic E-state index is 5.25. The average molecular weight is 657 g/mol. The molecule has 0 saturated heterocycles. The molecular weight excluding hydrogens is 629 g/mol. The van der Waals surface area contributed by atoms with Crippen LogP contribution in [-0.2, 0) is 0 Å². The van der Waals surface area contributed by atoms with Crippen molar-refractivity contribution in [2.75, 3.05) is 0 Å². The van der Waals surface area contributed by atoms with Gasteiger partial charge in [-0.2, -0.15) is 9.97 Å². The molecule has 4 nitrogen and oxygen atoms in total. The summed E-state index contributed by atoms with van der Waals surface area (Å²) in [6, 6.07) is 59.6. The second kappa shape index (κ2) is 11.6. The third-order valence-electron chi connectivity index (χ3n) is 9.49. The third-order valence-corrected chi connectivity index (χ3v) is 10.7. The monoisotopic (exact) mass is 656 g/mol. The Morgan fingerprint density at radius 1 is 0.400 bits per heavy atom. The number of benzene rings is 7. The molecule has 0 fully saturated rings. The summed E-state index contributed by atoms with van der Waals surface area (Å²) in [6.45, 7) is 0. The first-order chi connectivity index (χ1) is 24.8. The topological polar surface area (TPSA) is 43.6 Å². The van der Waals surface area contributed by atoms with Crippen molar-refractivity contribution < 1.29 is 0 Å². The van der Waals surface area contributed by atoms with Crippen LogP contribution in [0.1, 0.15) is 0 Å². The van der Waals surface area contributed by atoms with Gasteiger partial charge < -0.3 is 0 Å². The molecular formula is C45H28N4S. The standard InChI is InChI=1S/C45H28N4S/c1-4-13-29(14-5-1)30-23-25-33(26-24-30)44-46-43(32-17-8-3-9-18-32)47-45(48-44)49-38-22-11-10-19-35(38)36-27-28-39-40(41(36)49)37-21-12-20-34(42(37)50-39)31-15-6-2-7-16-31/h1-28H. The summed E-state index contributed by atoms with van der Waals surface area (Å²) >= 11 is 1.84. The van der Waals surface area contributed by atoms with Gasteiger partial charge in [-0.3, -0.25) is 4.57 Å². The largest absolute Gasteiger partial charge is 0.277 e. The molecule has 0 aliphatic carbocycles. The Morgan fingerprint density at radius 2 is 0.960 bits per heavy atom. The third kappa shape index (κ3) is 4.63. The minimum Gasteiger partial charge on any atom is -0.277 e. The van der Waals surface area contributed by atoms with Crippen LogP contribution < -0.4 is 0 Å². The lowest BCUT2D eigenvalue weighted by Crippen LogP contribution is -2.06. The Kier molecular flexibility index (Phi) is 6.64. The van der Waals surface area contributed by atoms with Crippen LogP contribution in [0.2, 0.25) is 0 Å². The van der Waals surface area contributed by atoms with Gasteiger partial charge in [-0.1, -0.05) is 158 Å². The Morgan fingerprint density at radius 3 is 1.68 bits per heavy atom. The van der Waals surface area contributed by atoms with Crippen LogP contribution in [0.15, 0.2) is 170 Å². The second-order valence-electron chi connectivity index (χ2n) is 12.4. The number of fused-ring (bicyclic) bond motifs is 7. The molecule has 3 aromatic heterocycles. The number of nitrogens with zero attached hydrogens (tertiary/aromatic N) is 4. The lowest BCUT2D eigenvalue weighted by molar-refractivity contribution is 0.955. The van der Waals surface area contributed by atoms with E-state index in [-0.39, 0.29) is 0 Å². The molecule has 0 atom stereocenters. The van der Waals surface area contributed by atoms with Crippen molar-refractivity contribution in [2.24, 2.45) is 0 Å². The van der Waals surface area contributed by atoms with Crippen LogP contribution >= 0.6 is 11.3 Å². The Labute approximate surface area is 292 Å². The highest BCUT2D eigenvalue weighted by Crippen LogP contribution is 2.45. The molecule has 7 aromatic carbocycles. The summed E-state index contributed by atoms with van der Waals surface area (Å²) < 4.78 is 4.76. The first-order valence-electron chi connectivity index (χ1n) is 16.7. The molecule has 0 spiro atoms. The van der Waals surface area contributed by atoms with E-state index in [2.05, 4.69) is 150 Å². The first kappa shape index (κ1) is 28.6. The number of para-hydroxylation sites is 1. The fourth-order valence-corrected chi connectivity index (χ4v) is 8.38. The summed E-state index contributed by atoms with van der Waals surface area (Å²) in [4.78, 5) is 15.5. The molecule has 3 heterocycles. The van der Waals surface area contributed by atoms with Crippen LogP contribution in [-0.4, -0.2) is 19.5 Å². The Bertz CT molecular complexity index is 2840. The number of hydrogen-bond donors (Lipinski definition) is 0. The van der Waals surface area contributed by atoms with Gasteiger partial charge in [0.2, 0.25) is 5.95 Å². The summed E-state index contributed by atoms with van der Waals surface area (Å²) in [6.07, 6.45) is 0. The van der Waals surface area contributed by atoms with E-state index in [1.54, 1.807) is 0 Å². The fraction of sp³-hybridized carbons (Fsp3) is 0. The van der Waals surface area contributed by atoms with Gasteiger partial charge in [0.15, 0.2) is 11.6 Å². The van der Waals surface area contributed by atoms with Gasteiger partial charge in [-0.25, -0.2) is 4.98 Å². The predicted octanol–water partition coefficient (Wildman–Crippen LogP) is 12.0. The molecule has 10 aromatic rings.